The quantitative estimate of drug-likeness (QED) is 0.893. The summed E-state index contributed by atoms with van der Waals surface area (Å²) in [4.78, 5) is 0.205. The first kappa shape index (κ1) is 15.5. The van der Waals surface area contributed by atoms with Gasteiger partial charge in [0.05, 0.1) is 4.90 Å². The predicted octanol–water partition coefficient (Wildman–Crippen LogP) is 2.65. The summed E-state index contributed by atoms with van der Waals surface area (Å²) in [5, 5.41) is 3.12. The molecule has 0 fully saturated rings. The van der Waals surface area contributed by atoms with E-state index in [9.17, 15) is 12.8 Å². The largest absolute Gasteiger partial charge is 0.381 e. The molecule has 0 saturated carbocycles. The Morgan fingerprint density at radius 1 is 1.10 bits per heavy atom. The van der Waals surface area contributed by atoms with E-state index in [1.807, 2.05) is 6.07 Å². The van der Waals surface area contributed by atoms with Crippen LogP contribution in [0.25, 0.3) is 0 Å². The van der Waals surface area contributed by atoms with Gasteiger partial charge in [0.25, 0.3) is 0 Å². The van der Waals surface area contributed by atoms with Crippen LogP contribution in [0.15, 0.2) is 47.4 Å². The van der Waals surface area contributed by atoms with Crippen LogP contribution in [0.4, 0.5) is 10.1 Å². The molecular formula is C15H17FN2O2S. The zero-order chi connectivity index (χ0) is 15.5. The average molecular weight is 308 g/mol. The smallest absolute Gasteiger partial charge is 0.240 e. The number of halogens is 1. The van der Waals surface area contributed by atoms with Crippen LogP contribution in [0.1, 0.15) is 11.1 Å². The van der Waals surface area contributed by atoms with E-state index in [-0.39, 0.29) is 10.7 Å². The highest BCUT2D eigenvalue weighted by Crippen LogP contribution is 2.15. The lowest BCUT2D eigenvalue weighted by molar-refractivity contribution is 0.588. The van der Waals surface area contributed by atoms with Gasteiger partial charge >= 0.3 is 0 Å². The second-order valence-electron chi connectivity index (χ2n) is 4.67. The minimum atomic E-state index is -3.42. The molecule has 0 spiro atoms. The van der Waals surface area contributed by atoms with Crippen molar-refractivity contribution in [2.75, 3.05) is 12.4 Å². The van der Waals surface area contributed by atoms with Crippen LogP contribution in [0, 0.1) is 12.7 Å². The third-order valence-electron chi connectivity index (χ3n) is 3.17. The van der Waals surface area contributed by atoms with Crippen LogP contribution < -0.4 is 10.0 Å². The summed E-state index contributed by atoms with van der Waals surface area (Å²) in [5.74, 6) is -0.232. The number of benzene rings is 2. The molecule has 0 radical (unpaired) electrons. The van der Waals surface area contributed by atoms with Gasteiger partial charge in [-0.25, -0.2) is 17.5 Å². The lowest BCUT2D eigenvalue weighted by Crippen LogP contribution is -2.18. The first-order valence-corrected chi connectivity index (χ1v) is 7.93. The fourth-order valence-corrected chi connectivity index (χ4v) is 2.55. The van der Waals surface area contributed by atoms with E-state index in [1.54, 1.807) is 25.1 Å². The van der Waals surface area contributed by atoms with E-state index in [0.717, 1.165) is 11.3 Å². The Bertz CT molecular complexity index is 728. The molecule has 0 aliphatic heterocycles. The van der Waals surface area contributed by atoms with Crippen molar-refractivity contribution in [1.29, 1.82) is 0 Å². The Kier molecular flexibility index (Phi) is 4.59. The Morgan fingerprint density at radius 3 is 2.33 bits per heavy atom. The molecule has 0 heterocycles. The van der Waals surface area contributed by atoms with Gasteiger partial charge in [0.2, 0.25) is 10.0 Å². The molecule has 0 unspecified atom stereocenters. The molecule has 2 N–H and O–H groups in total. The van der Waals surface area contributed by atoms with E-state index in [0.29, 0.717) is 12.1 Å². The highest BCUT2D eigenvalue weighted by molar-refractivity contribution is 7.89. The monoisotopic (exact) mass is 308 g/mol. The van der Waals surface area contributed by atoms with Gasteiger partial charge in [-0.2, -0.15) is 0 Å². The van der Waals surface area contributed by atoms with Gasteiger partial charge in [-0.1, -0.05) is 12.1 Å². The molecule has 2 aromatic rings. The predicted molar refractivity (Wildman–Crippen MR) is 81.2 cm³/mol. The van der Waals surface area contributed by atoms with Gasteiger partial charge in [0, 0.05) is 12.2 Å². The third-order valence-corrected chi connectivity index (χ3v) is 4.60. The summed E-state index contributed by atoms with van der Waals surface area (Å²) in [7, 11) is -2.05. The first-order valence-electron chi connectivity index (χ1n) is 6.45. The molecular weight excluding hydrogens is 291 g/mol. The summed E-state index contributed by atoms with van der Waals surface area (Å²) in [6, 6.07) is 11.5. The number of hydrogen-bond donors (Lipinski definition) is 2. The molecule has 0 saturated heterocycles. The average Bonchev–Trinajstić information content (AvgIpc) is 2.49. The van der Waals surface area contributed by atoms with Gasteiger partial charge in [-0.3, -0.25) is 0 Å². The highest BCUT2D eigenvalue weighted by atomic mass is 32.2. The van der Waals surface area contributed by atoms with Crippen LogP contribution >= 0.6 is 0 Å². The molecule has 0 atom stereocenters. The number of nitrogens with one attached hydrogen (secondary N) is 2. The fourth-order valence-electron chi connectivity index (χ4n) is 1.82. The maximum atomic E-state index is 13.4. The minimum Gasteiger partial charge on any atom is -0.381 e. The number of anilines is 1. The zero-order valence-corrected chi connectivity index (χ0v) is 12.7. The minimum absolute atomic E-state index is 0.205. The molecule has 0 amide bonds. The second kappa shape index (κ2) is 6.24. The van der Waals surface area contributed by atoms with Crippen molar-refractivity contribution in [2.45, 2.75) is 18.4 Å². The molecule has 2 rings (SSSR count). The molecule has 0 aliphatic carbocycles. The summed E-state index contributed by atoms with van der Waals surface area (Å²) < 4.78 is 38.9. The lowest BCUT2D eigenvalue weighted by atomic mass is 10.1. The molecule has 112 valence electrons. The van der Waals surface area contributed by atoms with Crippen LogP contribution in [-0.2, 0) is 16.6 Å². The summed E-state index contributed by atoms with van der Waals surface area (Å²) in [6.45, 7) is 2.18. The van der Waals surface area contributed by atoms with E-state index in [4.69, 9.17) is 0 Å². The van der Waals surface area contributed by atoms with Gasteiger partial charge in [0.1, 0.15) is 5.82 Å². The normalized spacial score (nSPS) is 11.4. The first-order chi connectivity index (χ1) is 9.92. The Morgan fingerprint density at radius 2 is 1.76 bits per heavy atom. The molecule has 4 nitrogen and oxygen atoms in total. The molecule has 6 heteroatoms. The molecule has 0 bridgehead atoms. The van der Waals surface area contributed by atoms with Crippen molar-refractivity contribution in [3.8, 4) is 0 Å². The van der Waals surface area contributed by atoms with Crippen LogP contribution in [0.5, 0.6) is 0 Å². The van der Waals surface area contributed by atoms with Crippen molar-refractivity contribution in [3.63, 3.8) is 0 Å². The van der Waals surface area contributed by atoms with Crippen LogP contribution in [0.2, 0.25) is 0 Å². The molecule has 0 aliphatic rings. The van der Waals surface area contributed by atoms with E-state index >= 15 is 0 Å². The van der Waals surface area contributed by atoms with Gasteiger partial charge in [0.15, 0.2) is 0 Å². The van der Waals surface area contributed by atoms with Crippen LogP contribution in [0.3, 0.4) is 0 Å². The third kappa shape index (κ3) is 3.80. The van der Waals surface area contributed by atoms with Crippen molar-refractivity contribution < 1.29 is 12.8 Å². The molecule has 2 aromatic carbocycles. The van der Waals surface area contributed by atoms with Gasteiger partial charge < -0.3 is 5.32 Å². The maximum absolute atomic E-state index is 13.4. The van der Waals surface area contributed by atoms with E-state index in [2.05, 4.69) is 10.0 Å². The summed E-state index contributed by atoms with van der Waals surface area (Å²) in [6.07, 6.45) is 0. The van der Waals surface area contributed by atoms with E-state index < -0.39 is 10.0 Å². The number of rotatable bonds is 5. The summed E-state index contributed by atoms with van der Waals surface area (Å²) >= 11 is 0. The Hall–Kier alpha value is -1.92. The van der Waals surface area contributed by atoms with E-state index in [1.165, 1.54) is 25.2 Å². The zero-order valence-electron chi connectivity index (χ0n) is 11.9. The lowest BCUT2D eigenvalue weighted by Gasteiger charge is -2.08. The standard InChI is InChI=1S/C15H17FN2O2S/c1-11-3-4-12(9-15(11)16)10-18-13-5-7-14(8-6-13)21(19,20)17-2/h3-9,17-18H,10H2,1-2H3. The van der Waals surface area contributed by atoms with Gasteiger partial charge in [-0.15, -0.1) is 0 Å². The number of aryl methyl sites for hydroxylation is 1. The second-order valence-corrected chi connectivity index (χ2v) is 6.56. The van der Waals surface area contributed by atoms with Crippen LogP contribution in [-0.4, -0.2) is 15.5 Å². The van der Waals surface area contributed by atoms with Crippen molar-refractivity contribution >= 4 is 15.7 Å². The van der Waals surface area contributed by atoms with Crippen molar-refractivity contribution in [3.05, 3.63) is 59.4 Å². The van der Waals surface area contributed by atoms with Gasteiger partial charge in [-0.05, 0) is 55.4 Å². The van der Waals surface area contributed by atoms with Crippen molar-refractivity contribution in [2.24, 2.45) is 0 Å². The fraction of sp³-hybridized carbons (Fsp3) is 0.200. The Balaban J connectivity index is 2.05. The number of hydrogen-bond acceptors (Lipinski definition) is 3. The topological polar surface area (TPSA) is 58.2 Å². The maximum Gasteiger partial charge on any atom is 0.240 e. The highest BCUT2D eigenvalue weighted by Gasteiger charge is 2.10. The van der Waals surface area contributed by atoms with Crippen molar-refractivity contribution in [1.82, 2.24) is 4.72 Å². The summed E-state index contributed by atoms with van der Waals surface area (Å²) in [5.41, 5.74) is 2.21. The molecule has 0 aromatic heterocycles. The number of sulfonamides is 1. The molecule has 21 heavy (non-hydrogen) atoms. The Labute approximate surface area is 124 Å². The SMILES string of the molecule is CNS(=O)(=O)c1ccc(NCc2ccc(C)c(F)c2)cc1.